The van der Waals surface area contributed by atoms with E-state index in [-0.39, 0.29) is 22.9 Å². The van der Waals surface area contributed by atoms with Crippen molar-refractivity contribution in [2.75, 3.05) is 5.32 Å². The lowest BCUT2D eigenvalue weighted by molar-refractivity contribution is -0.159. The third-order valence-electron chi connectivity index (χ3n) is 2.76. The fourth-order valence-electron chi connectivity index (χ4n) is 1.70. The number of alkyl halides is 3. The SMILES string of the molecule is O=C(Nc1n[nH]c(Br)n1)c1ccc(-c2noc(C(F)(F)F)n2)cc1. The first-order valence-electron chi connectivity index (χ1n) is 6.23. The number of nitrogens with one attached hydrogen (secondary N) is 2. The van der Waals surface area contributed by atoms with E-state index < -0.39 is 18.0 Å². The van der Waals surface area contributed by atoms with Crippen LogP contribution in [0.2, 0.25) is 0 Å². The van der Waals surface area contributed by atoms with E-state index in [1.165, 1.54) is 24.3 Å². The topological polar surface area (TPSA) is 110 Å². The highest BCUT2D eigenvalue weighted by molar-refractivity contribution is 9.10. The summed E-state index contributed by atoms with van der Waals surface area (Å²) in [6.07, 6.45) is -4.71. The van der Waals surface area contributed by atoms with Gasteiger partial charge in [-0.1, -0.05) is 17.3 Å². The van der Waals surface area contributed by atoms with Gasteiger partial charge in [-0.2, -0.15) is 23.1 Å². The van der Waals surface area contributed by atoms with Crippen molar-refractivity contribution in [3.05, 3.63) is 40.5 Å². The molecule has 0 spiro atoms. The van der Waals surface area contributed by atoms with Crippen LogP contribution in [0.3, 0.4) is 0 Å². The first kappa shape index (κ1) is 16.1. The predicted molar refractivity (Wildman–Crippen MR) is 76.8 cm³/mol. The molecule has 1 aromatic carbocycles. The molecule has 0 saturated carbocycles. The van der Waals surface area contributed by atoms with Gasteiger partial charge in [0.1, 0.15) is 0 Å². The summed E-state index contributed by atoms with van der Waals surface area (Å²) in [5, 5.41) is 11.9. The van der Waals surface area contributed by atoms with E-state index in [2.05, 4.69) is 51.1 Å². The smallest absolute Gasteiger partial charge is 0.329 e. The Bertz CT molecular complexity index is 874. The minimum atomic E-state index is -4.71. The highest BCUT2D eigenvalue weighted by Crippen LogP contribution is 2.29. The molecule has 2 N–H and O–H groups in total. The molecule has 124 valence electrons. The fourth-order valence-corrected chi connectivity index (χ4v) is 1.95. The maximum Gasteiger partial charge on any atom is 0.471 e. The van der Waals surface area contributed by atoms with Crippen molar-refractivity contribution in [2.45, 2.75) is 6.18 Å². The molecule has 0 unspecified atom stereocenters. The highest BCUT2D eigenvalue weighted by atomic mass is 79.9. The molecule has 3 rings (SSSR count). The van der Waals surface area contributed by atoms with E-state index >= 15 is 0 Å². The van der Waals surface area contributed by atoms with Crippen molar-refractivity contribution < 1.29 is 22.5 Å². The van der Waals surface area contributed by atoms with Gasteiger partial charge in [-0.05, 0) is 28.1 Å². The standard InChI is InChI=1S/C12H6BrF3N6O2/c13-10-19-11(21-20-10)18-8(23)6-3-1-5(2-4-6)7-17-9(24-22-7)12(14,15)16/h1-4H,(H2,18,19,20,21,23). The molecule has 0 radical (unpaired) electrons. The summed E-state index contributed by atoms with van der Waals surface area (Å²) >= 11 is 3.05. The van der Waals surface area contributed by atoms with Crippen LogP contribution in [-0.2, 0) is 6.18 Å². The Balaban J connectivity index is 1.75. The second kappa shape index (κ2) is 6.03. The molecular weight excluding hydrogens is 397 g/mol. The van der Waals surface area contributed by atoms with E-state index in [1.807, 2.05) is 0 Å². The molecule has 0 saturated heterocycles. The van der Waals surface area contributed by atoms with Crippen molar-refractivity contribution in [3.63, 3.8) is 0 Å². The second-order valence-electron chi connectivity index (χ2n) is 4.40. The molecular formula is C12H6BrF3N6O2. The van der Waals surface area contributed by atoms with Crippen LogP contribution in [-0.4, -0.2) is 31.2 Å². The lowest BCUT2D eigenvalue weighted by Gasteiger charge is -2.01. The molecule has 0 fully saturated rings. The van der Waals surface area contributed by atoms with Gasteiger partial charge in [0.2, 0.25) is 11.8 Å². The number of carbonyl (C=O) groups excluding carboxylic acids is 1. The van der Waals surface area contributed by atoms with Crippen molar-refractivity contribution >= 4 is 27.8 Å². The van der Waals surface area contributed by atoms with Gasteiger partial charge in [-0.25, -0.2) is 0 Å². The average molecular weight is 403 g/mol. The Morgan fingerprint density at radius 1 is 1.21 bits per heavy atom. The van der Waals surface area contributed by atoms with E-state index in [0.29, 0.717) is 4.73 Å². The third kappa shape index (κ3) is 3.42. The molecule has 2 heterocycles. The van der Waals surface area contributed by atoms with E-state index in [4.69, 9.17) is 0 Å². The van der Waals surface area contributed by atoms with Crippen LogP contribution >= 0.6 is 15.9 Å². The molecule has 12 heteroatoms. The summed E-state index contributed by atoms with van der Waals surface area (Å²) in [5.41, 5.74) is 0.519. The zero-order chi connectivity index (χ0) is 17.3. The number of H-pyrrole nitrogens is 1. The first-order valence-corrected chi connectivity index (χ1v) is 7.03. The summed E-state index contributed by atoms with van der Waals surface area (Å²) in [7, 11) is 0. The maximum atomic E-state index is 12.4. The Labute approximate surface area is 139 Å². The zero-order valence-electron chi connectivity index (χ0n) is 11.4. The lowest BCUT2D eigenvalue weighted by atomic mass is 10.1. The summed E-state index contributed by atoms with van der Waals surface area (Å²) in [6, 6.07) is 5.59. The summed E-state index contributed by atoms with van der Waals surface area (Å²) in [4.78, 5) is 19.1. The number of anilines is 1. The van der Waals surface area contributed by atoms with Crippen LogP contribution in [0.5, 0.6) is 0 Å². The fraction of sp³-hybridized carbons (Fsp3) is 0.0833. The quantitative estimate of drug-likeness (QED) is 0.696. The van der Waals surface area contributed by atoms with Crippen LogP contribution in [0.15, 0.2) is 33.5 Å². The lowest BCUT2D eigenvalue weighted by Crippen LogP contribution is -2.12. The number of benzene rings is 1. The predicted octanol–water partition coefficient (Wildman–Crippen LogP) is 2.89. The minimum Gasteiger partial charge on any atom is -0.329 e. The number of carbonyl (C=O) groups is 1. The van der Waals surface area contributed by atoms with E-state index in [0.717, 1.165) is 0 Å². The number of hydrogen-bond donors (Lipinski definition) is 2. The van der Waals surface area contributed by atoms with Gasteiger partial charge in [0.25, 0.3) is 5.91 Å². The van der Waals surface area contributed by atoms with Crippen LogP contribution in [0, 0.1) is 0 Å². The van der Waals surface area contributed by atoms with Crippen LogP contribution in [0.1, 0.15) is 16.2 Å². The number of hydrogen-bond acceptors (Lipinski definition) is 6. The van der Waals surface area contributed by atoms with E-state index in [9.17, 15) is 18.0 Å². The zero-order valence-corrected chi connectivity index (χ0v) is 13.0. The Kier molecular flexibility index (Phi) is 4.05. The number of rotatable bonds is 3. The Morgan fingerprint density at radius 3 is 2.46 bits per heavy atom. The van der Waals surface area contributed by atoms with Crippen LogP contribution in [0.4, 0.5) is 19.1 Å². The molecule has 0 bridgehead atoms. The molecule has 3 aromatic rings. The first-order chi connectivity index (χ1) is 11.3. The number of aromatic amines is 1. The Hall–Kier alpha value is -2.76. The van der Waals surface area contributed by atoms with E-state index in [1.54, 1.807) is 0 Å². The summed E-state index contributed by atoms with van der Waals surface area (Å²) in [6.45, 7) is 0. The normalized spacial score (nSPS) is 11.5. The highest BCUT2D eigenvalue weighted by Gasteiger charge is 2.38. The van der Waals surface area contributed by atoms with Gasteiger partial charge in [0.05, 0.1) is 0 Å². The molecule has 24 heavy (non-hydrogen) atoms. The number of aromatic nitrogens is 5. The van der Waals surface area contributed by atoms with Gasteiger partial charge < -0.3 is 4.52 Å². The van der Waals surface area contributed by atoms with Crippen molar-refractivity contribution in [3.8, 4) is 11.4 Å². The van der Waals surface area contributed by atoms with Crippen molar-refractivity contribution in [1.29, 1.82) is 0 Å². The molecule has 0 aliphatic heterocycles. The average Bonchev–Trinajstić information content (AvgIpc) is 3.16. The maximum absolute atomic E-state index is 12.4. The monoisotopic (exact) mass is 402 g/mol. The van der Waals surface area contributed by atoms with Gasteiger partial charge in [-0.15, -0.1) is 5.10 Å². The van der Waals surface area contributed by atoms with Gasteiger partial charge in [0, 0.05) is 11.1 Å². The molecule has 2 aromatic heterocycles. The van der Waals surface area contributed by atoms with Gasteiger partial charge >= 0.3 is 12.1 Å². The molecule has 0 aliphatic rings. The summed E-state index contributed by atoms with van der Waals surface area (Å²) < 4.78 is 41.8. The minimum absolute atomic E-state index is 0.0731. The molecule has 8 nitrogen and oxygen atoms in total. The third-order valence-corrected chi connectivity index (χ3v) is 3.11. The largest absolute Gasteiger partial charge is 0.471 e. The van der Waals surface area contributed by atoms with Gasteiger partial charge in [-0.3, -0.25) is 15.2 Å². The molecule has 1 amide bonds. The summed E-state index contributed by atoms with van der Waals surface area (Å²) in [5.74, 6) is -2.08. The van der Waals surface area contributed by atoms with Crippen LogP contribution in [0.25, 0.3) is 11.4 Å². The van der Waals surface area contributed by atoms with Crippen LogP contribution < -0.4 is 5.32 Å². The molecule has 0 atom stereocenters. The second-order valence-corrected chi connectivity index (χ2v) is 5.15. The number of amides is 1. The van der Waals surface area contributed by atoms with Crippen molar-refractivity contribution in [2.24, 2.45) is 0 Å². The number of nitrogens with zero attached hydrogens (tertiary/aromatic N) is 4. The van der Waals surface area contributed by atoms with Gasteiger partial charge in [0.15, 0.2) is 4.73 Å². The van der Waals surface area contributed by atoms with Crippen molar-refractivity contribution in [1.82, 2.24) is 25.3 Å². The molecule has 0 aliphatic carbocycles. The number of halogens is 4. The Morgan fingerprint density at radius 2 is 1.92 bits per heavy atom.